The van der Waals surface area contributed by atoms with Crippen LogP contribution >= 0.6 is 0 Å². The molecule has 1 aromatic carbocycles. The summed E-state index contributed by atoms with van der Waals surface area (Å²) in [7, 11) is 1.61. The van der Waals surface area contributed by atoms with Crippen molar-refractivity contribution in [2.75, 3.05) is 38.7 Å². The lowest BCUT2D eigenvalue weighted by Gasteiger charge is -2.24. The molecule has 1 aliphatic rings. The van der Waals surface area contributed by atoms with E-state index >= 15 is 0 Å². The molecule has 2 rings (SSSR count). The van der Waals surface area contributed by atoms with Gasteiger partial charge in [0.15, 0.2) is 11.5 Å². The highest BCUT2D eigenvalue weighted by Crippen LogP contribution is 2.30. The lowest BCUT2D eigenvalue weighted by Crippen LogP contribution is -2.39. The van der Waals surface area contributed by atoms with E-state index in [0.29, 0.717) is 17.5 Å². The molecule has 0 amide bonds. The predicted octanol–water partition coefficient (Wildman–Crippen LogP) is 1.62. The summed E-state index contributed by atoms with van der Waals surface area (Å²) in [4.78, 5) is 0. The molecule has 3 N–H and O–H groups in total. The molecule has 1 atom stereocenters. The summed E-state index contributed by atoms with van der Waals surface area (Å²) in [5.74, 6) is 1.34. The van der Waals surface area contributed by atoms with E-state index in [-0.39, 0.29) is 13.2 Å². The number of piperidine rings is 1. The fourth-order valence-corrected chi connectivity index (χ4v) is 2.39. The Balaban J connectivity index is 1.93. The van der Waals surface area contributed by atoms with Crippen LogP contribution in [0.5, 0.6) is 11.5 Å². The summed E-state index contributed by atoms with van der Waals surface area (Å²) in [5, 5.41) is 15.8. The SMILES string of the molecule is COc1ccc(NCC2CCCCN2)cc1OCCO. The van der Waals surface area contributed by atoms with Gasteiger partial charge >= 0.3 is 0 Å². The number of benzene rings is 1. The molecule has 1 fully saturated rings. The van der Waals surface area contributed by atoms with Gasteiger partial charge in [-0.3, -0.25) is 0 Å². The topological polar surface area (TPSA) is 62.8 Å². The van der Waals surface area contributed by atoms with Crippen molar-refractivity contribution < 1.29 is 14.6 Å². The smallest absolute Gasteiger partial charge is 0.163 e. The molecule has 1 aromatic rings. The average molecular weight is 280 g/mol. The van der Waals surface area contributed by atoms with Crippen molar-refractivity contribution in [1.29, 1.82) is 0 Å². The quantitative estimate of drug-likeness (QED) is 0.708. The molecule has 5 nitrogen and oxygen atoms in total. The van der Waals surface area contributed by atoms with Crippen LogP contribution in [0.25, 0.3) is 0 Å². The Morgan fingerprint density at radius 1 is 1.35 bits per heavy atom. The van der Waals surface area contributed by atoms with Crippen LogP contribution in [-0.4, -0.2) is 44.6 Å². The van der Waals surface area contributed by atoms with E-state index in [1.807, 2.05) is 18.2 Å². The van der Waals surface area contributed by atoms with Crippen molar-refractivity contribution in [1.82, 2.24) is 5.32 Å². The van der Waals surface area contributed by atoms with Crippen molar-refractivity contribution in [3.05, 3.63) is 18.2 Å². The summed E-state index contributed by atoms with van der Waals surface area (Å²) in [6, 6.07) is 6.31. The second-order valence-corrected chi connectivity index (χ2v) is 4.97. The first kappa shape index (κ1) is 14.9. The molecule has 1 unspecified atom stereocenters. The summed E-state index contributed by atoms with van der Waals surface area (Å²) in [6.45, 7) is 2.28. The number of rotatable bonds is 7. The third kappa shape index (κ3) is 4.28. The minimum absolute atomic E-state index is 0.00714. The van der Waals surface area contributed by atoms with Crippen LogP contribution in [0, 0.1) is 0 Å². The third-order valence-corrected chi connectivity index (χ3v) is 3.48. The van der Waals surface area contributed by atoms with Crippen molar-refractivity contribution in [3.8, 4) is 11.5 Å². The standard InChI is InChI=1S/C15H24N2O3/c1-19-14-6-5-12(10-15(14)20-9-8-18)17-11-13-4-2-3-7-16-13/h5-6,10,13,16-18H,2-4,7-9,11H2,1H3. The highest BCUT2D eigenvalue weighted by atomic mass is 16.5. The maximum Gasteiger partial charge on any atom is 0.163 e. The predicted molar refractivity (Wildman–Crippen MR) is 79.7 cm³/mol. The number of methoxy groups -OCH3 is 1. The first-order chi connectivity index (χ1) is 9.83. The number of hydrogen-bond acceptors (Lipinski definition) is 5. The summed E-state index contributed by atoms with van der Waals surface area (Å²) in [6.07, 6.45) is 3.79. The van der Waals surface area contributed by atoms with Crippen LogP contribution in [0.1, 0.15) is 19.3 Å². The van der Waals surface area contributed by atoms with Gasteiger partial charge in [0.05, 0.1) is 13.7 Å². The molecule has 0 saturated carbocycles. The van der Waals surface area contributed by atoms with Crippen molar-refractivity contribution in [2.24, 2.45) is 0 Å². The molecule has 0 aliphatic carbocycles. The van der Waals surface area contributed by atoms with Gasteiger partial charge in [-0.05, 0) is 31.5 Å². The Morgan fingerprint density at radius 2 is 2.25 bits per heavy atom. The molecule has 0 aromatic heterocycles. The lowest BCUT2D eigenvalue weighted by molar-refractivity contribution is 0.196. The van der Waals surface area contributed by atoms with E-state index in [9.17, 15) is 0 Å². The Labute approximate surface area is 120 Å². The third-order valence-electron chi connectivity index (χ3n) is 3.48. The van der Waals surface area contributed by atoms with Crippen LogP contribution in [-0.2, 0) is 0 Å². The maximum absolute atomic E-state index is 8.84. The van der Waals surface area contributed by atoms with Crippen LogP contribution in [0.3, 0.4) is 0 Å². The molecular weight excluding hydrogens is 256 g/mol. The van der Waals surface area contributed by atoms with Crippen molar-refractivity contribution in [2.45, 2.75) is 25.3 Å². The average Bonchev–Trinajstić information content (AvgIpc) is 2.52. The normalized spacial score (nSPS) is 18.6. The van der Waals surface area contributed by atoms with Crippen molar-refractivity contribution in [3.63, 3.8) is 0 Å². The number of anilines is 1. The molecular formula is C15H24N2O3. The molecule has 112 valence electrons. The van der Waals surface area contributed by atoms with E-state index < -0.39 is 0 Å². The number of aliphatic hydroxyl groups excluding tert-OH is 1. The molecule has 5 heteroatoms. The van der Waals surface area contributed by atoms with Gasteiger partial charge in [-0.25, -0.2) is 0 Å². The second kappa shape index (κ2) is 7.97. The van der Waals surface area contributed by atoms with Gasteiger partial charge in [-0.1, -0.05) is 6.42 Å². The minimum atomic E-state index is -0.00714. The molecule has 1 aliphatic heterocycles. The monoisotopic (exact) mass is 280 g/mol. The fraction of sp³-hybridized carbons (Fsp3) is 0.600. The highest BCUT2D eigenvalue weighted by Gasteiger charge is 2.12. The largest absolute Gasteiger partial charge is 0.493 e. The number of hydrogen-bond donors (Lipinski definition) is 3. The number of aliphatic hydroxyl groups is 1. The summed E-state index contributed by atoms with van der Waals surface area (Å²) < 4.78 is 10.7. The van der Waals surface area contributed by atoms with Crippen LogP contribution in [0.15, 0.2) is 18.2 Å². The van der Waals surface area contributed by atoms with E-state index in [4.69, 9.17) is 14.6 Å². The van der Waals surface area contributed by atoms with E-state index in [1.165, 1.54) is 19.3 Å². The first-order valence-corrected chi connectivity index (χ1v) is 7.22. The minimum Gasteiger partial charge on any atom is -0.493 e. The Kier molecular flexibility index (Phi) is 5.95. The van der Waals surface area contributed by atoms with Crippen LogP contribution < -0.4 is 20.1 Å². The van der Waals surface area contributed by atoms with Gasteiger partial charge in [0.1, 0.15) is 6.61 Å². The zero-order valence-corrected chi connectivity index (χ0v) is 12.0. The van der Waals surface area contributed by atoms with Gasteiger partial charge in [0.2, 0.25) is 0 Å². The van der Waals surface area contributed by atoms with Gasteiger partial charge in [-0.15, -0.1) is 0 Å². The molecule has 0 radical (unpaired) electrons. The maximum atomic E-state index is 8.84. The van der Waals surface area contributed by atoms with Crippen LogP contribution in [0.2, 0.25) is 0 Å². The van der Waals surface area contributed by atoms with Crippen LogP contribution in [0.4, 0.5) is 5.69 Å². The Bertz CT molecular complexity index is 406. The Morgan fingerprint density at radius 3 is 2.95 bits per heavy atom. The van der Waals surface area contributed by atoms with E-state index in [0.717, 1.165) is 18.8 Å². The first-order valence-electron chi connectivity index (χ1n) is 7.22. The zero-order chi connectivity index (χ0) is 14.2. The van der Waals surface area contributed by atoms with Gasteiger partial charge < -0.3 is 25.2 Å². The Hall–Kier alpha value is -1.46. The molecule has 1 saturated heterocycles. The lowest BCUT2D eigenvalue weighted by atomic mass is 10.1. The van der Waals surface area contributed by atoms with Gasteiger partial charge in [0, 0.05) is 24.3 Å². The summed E-state index contributed by atoms with van der Waals surface area (Å²) >= 11 is 0. The molecule has 1 heterocycles. The zero-order valence-electron chi connectivity index (χ0n) is 12.0. The van der Waals surface area contributed by atoms with E-state index in [2.05, 4.69) is 10.6 Å². The van der Waals surface area contributed by atoms with Crippen molar-refractivity contribution >= 4 is 5.69 Å². The number of nitrogens with one attached hydrogen (secondary N) is 2. The highest BCUT2D eigenvalue weighted by molar-refractivity contribution is 5.54. The number of ether oxygens (including phenoxy) is 2. The second-order valence-electron chi connectivity index (χ2n) is 4.97. The molecule has 20 heavy (non-hydrogen) atoms. The van der Waals surface area contributed by atoms with Gasteiger partial charge in [-0.2, -0.15) is 0 Å². The summed E-state index contributed by atoms with van der Waals surface area (Å²) in [5.41, 5.74) is 1.01. The van der Waals surface area contributed by atoms with E-state index in [1.54, 1.807) is 7.11 Å². The fourth-order valence-electron chi connectivity index (χ4n) is 2.39. The molecule has 0 spiro atoms. The van der Waals surface area contributed by atoms with Gasteiger partial charge in [0.25, 0.3) is 0 Å². The molecule has 0 bridgehead atoms.